The molecule has 8 N–H and O–H groups in total. The molecule has 16 heavy (non-hydrogen) atoms. The van der Waals surface area contributed by atoms with Crippen LogP contribution in [0.5, 0.6) is 0 Å². The zero-order valence-corrected chi connectivity index (χ0v) is 8.42. The Morgan fingerprint density at radius 1 is 1.00 bits per heavy atom. The Morgan fingerprint density at radius 2 is 1.56 bits per heavy atom. The lowest BCUT2D eigenvalue weighted by Gasteiger charge is -1.97. The maximum Gasteiger partial charge on any atom is 0.248 e. The first-order chi connectivity index (χ1) is 7.49. The van der Waals surface area contributed by atoms with Gasteiger partial charge in [0.25, 0.3) is 0 Å². The lowest BCUT2D eigenvalue weighted by molar-refractivity contribution is 0.100. The van der Waals surface area contributed by atoms with Gasteiger partial charge in [0.2, 0.25) is 11.9 Å². The molecule has 0 unspecified atom stereocenters. The third-order valence-electron chi connectivity index (χ3n) is 1.64. The lowest BCUT2D eigenvalue weighted by atomic mass is 10.2. The van der Waals surface area contributed by atoms with Crippen molar-refractivity contribution < 1.29 is 4.79 Å². The smallest absolute Gasteiger partial charge is 0.248 e. The number of carbonyl (C=O) groups is 1. The summed E-state index contributed by atoms with van der Waals surface area (Å²) in [5, 5.41) is 0. The summed E-state index contributed by atoms with van der Waals surface area (Å²) in [5.74, 6) is -0.741. The van der Waals surface area contributed by atoms with E-state index in [-0.39, 0.29) is 11.9 Å². The predicted molar refractivity (Wildman–Crippen MR) is 62.1 cm³/mol. The molecule has 0 bridgehead atoms. The van der Waals surface area contributed by atoms with Crippen LogP contribution in [0.1, 0.15) is 10.4 Å². The Balaban J connectivity index is 2.91. The molecule has 1 amide bonds. The molecule has 0 saturated heterocycles. The summed E-state index contributed by atoms with van der Waals surface area (Å²) in [6, 6.07) is 6.22. The number of amides is 1. The molecule has 1 rings (SSSR count). The van der Waals surface area contributed by atoms with Gasteiger partial charge >= 0.3 is 0 Å². The topological polar surface area (TPSA) is 146 Å². The van der Waals surface area contributed by atoms with Gasteiger partial charge in [0, 0.05) is 5.56 Å². The summed E-state index contributed by atoms with van der Waals surface area (Å²) in [6.45, 7) is 0. The summed E-state index contributed by atoms with van der Waals surface area (Å²) in [4.78, 5) is 18.2. The van der Waals surface area contributed by atoms with Crippen molar-refractivity contribution in [3.8, 4) is 0 Å². The number of rotatable bonds is 2. The fourth-order valence-corrected chi connectivity index (χ4v) is 0.990. The number of benzene rings is 1. The maximum atomic E-state index is 10.8. The fraction of sp³-hybridized carbons (Fsp3) is 0. The predicted octanol–water partition coefficient (Wildman–Crippen LogP) is -0.995. The van der Waals surface area contributed by atoms with Crippen LogP contribution in [0.25, 0.3) is 0 Å². The van der Waals surface area contributed by atoms with Gasteiger partial charge in [0.1, 0.15) is 0 Å². The van der Waals surface area contributed by atoms with Gasteiger partial charge in [-0.2, -0.15) is 4.99 Å². The minimum absolute atomic E-state index is 0.0631. The molecule has 0 heterocycles. The molecule has 0 aliphatic carbocycles. The number of aliphatic imine (C=N–C) groups is 2. The Hall–Kier alpha value is -2.57. The van der Waals surface area contributed by atoms with Crippen molar-refractivity contribution in [2.45, 2.75) is 0 Å². The van der Waals surface area contributed by atoms with Crippen molar-refractivity contribution in [1.29, 1.82) is 0 Å². The second-order valence-electron chi connectivity index (χ2n) is 2.92. The highest BCUT2D eigenvalue weighted by atomic mass is 16.1. The van der Waals surface area contributed by atoms with Crippen molar-refractivity contribution in [3.05, 3.63) is 29.8 Å². The molecule has 7 nitrogen and oxygen atoms in total. The Kier molecular flexibility index (Phi) is 3.44. The third-order valence-corrected chi connectivity index (χ3v) is 1.64. The first-order valence-electron chi connectivity index (χ1n) is 4.32. The average molecular weight is 220 g/mol. The van der Waals surface area contributed by atoms with E-state index in [1.54, 1.807) is 12.1 Å². The molecule has 84 valence electrons. The van der Waals surface area contributed by atoms with E-state index in [2.05, 4.69) is 9.98 Å². The van der Waals surface area contributed by atoms with E-state index in [9.17, 15) is 4.79 Å². The zero-order chi connectivity index (χ0) is 12.1. The van der Waals surface area contributed by atoms with Crippen LogP contribution in [0, 0.1) is 0 Å². The Labute approximate surface area is 91.8 Å². The molecule has 0 fully saturated rings. The van der Waals surface area contributed by atoms with Crippen LogP contribution in [0.2, 0.25) is 0 Å². The highest BCUT2D eigenvalue weighted by Gasteiger charge is 1.99. The summed E-state index contributed by atoms with van der Waals surface area (Å²) in [7, 11) is 0. The Morgan fingerprint density at radius 3 is 2.00 bits per heavy atom. The quantitative estimate of drug-likeness (QED) is 0.374. The molecule has 0 aliphatic rings. The molecule has 0 spiro atoms. The molecule has 1 aromatic rings. The van der Waals surface area contributed by atoms with Crippen molar-refractivity contribution >= 4 is 23.5 Å². The second-order valence-corrected chi connectivity index (χ2v) is 2.92. The summed E-state index contributed by atoms with van der Waals surface area (Å²) >= 11 is 0. The van der Waals surface area contributed by atoms with Gasteiger partial charge in [-0.3, -0.25) is 4.79 Å². The minimum atomic E-state index is -0.507. The van der Waals surface area contributed by atoms with Gasteiger partial charge in [-0.05, 0) is 24.3 Å². The number of nitrogens with zero attached hydrogens (tertiary/aromatic N) is 2. The van der Waals surface area contributed by atoms with Crippen LogP contribution in [-0.4, -0.2) is 17.8 Å². The standard InChI is InChI=1S/C9H12N6O/c10-7(16)5-1-3-6(4-2-5)14-9(13)15-8(11)12/h1-4H,(H2,10,16)(H6,11,12,13,14,15). The molecule has 0 radical (unpaired) electrons. The van der Waals surface area contributed by atoms with Gasteiger partial charge in [0.15, 0.2) is 5.96 Å². The first kappa shape index (κ1) is 11.5. The van der Waals surface area contributed by atoms with E-state index in [4.69, 9.17) is 22.9 Å². The second kappa shape index (κ2) is 4.78. The third kappa shape index (κ3) is 3.29. The maximum absolute atomic E-state index is 10.8. The Bertz CT molecular complexity index is 444. The summed E-state index contributed by atoms with van der Waals surface area (Å²) in [6.07, 6.45) is 0. The monoisotopic (exact) mass is 220 g/mol. The highest BCUT2D eigenvalue weighted by molar-refractivity contribution is 5.94. The van der Waals surface area contributed by atoms with Crippen LogP contribution in [-0.2, 0) is 0 Å². The first-order valence-corrected chi connectivity index (χ1v) is 4.32. The lowest BCUT2D eigenvalue weighted by Crippen LogP contribution is -2.26. The SMILES string of the molecule is NC(=O)c1ccc(N=C(N)N=C(N)N)cc1. The van der Waals surface area contributed by atoms with E-state index in [0.717, 1.165) is 0 Å². The number of primary amides is 1. The molecule has 1 aromatic carbocycles. The van der Waals surface area contributed by atoms with E-state index in [0.29, 0.717) is 11.3 Å². The van der Waals surface area contributed by atoms with E-state index >= 15 is 0 Å². The van der Waals surface area contributed by atoms with Gasteiger partial charge in [-0.25, -0.2) is 4.99 Å². The van der Waals surface area contributed by atoms with E-state index < -0.39 is 5.91 Å². The van der Waals surface area contributed by atoms with Crippen molar-refractivity contribution in [2.75, 3.05) is 0 Å². The van der Waals surface area contributed by atoms with E-state index in [1.165, 1.54) is 12.1 Å². The van der Waals surface area contributed by atoms with Gasteiger partial charge in [-0.15, -0.1) is 0 Å². The highest BCUT2D eigenvalue weighted by Crippen LogP contribution is 2.12. The molecule has 0 atom stereocenters. The number of hydrogen-bond acceptors (Lipinski definition) is 2. The average Bonchev–Trinajstić information content (AvgIpc) is 2.16. The normalized spacial score (nSPS) is 10.9. The molecule has 7 heteroatoms. The summed E-state index contributed by atoms with van der Waals surface area (Å²) in [5.41, 5.74) is 21.6. The molecular formula is C9H12N6O. The number of nitrogens with two attached hydrogens (primary N) is 4. The zero-order valence-electron chi connectivity index (χ0n) is 8.42. The fourth-order valence-electron chi connectivity index (χ4n) is 0.990. The number of guanidine groups is 2. The summed E-state index contributed by atoms with van der Waals surface area (Å²) < 4.78 is 0. The largest absolute Gasteiger partial charge is 0.370 e. The van der Waals surface area contributed by atoms with Gasteiger partial charge < -0.3 is 22.9 Å². The molecule has 0 saturated carbocycles. The number of carbonyl (C=O) groups excluding carboxylic acids is 1. The van der Waals surface area contributed by atoms with E-state index in [1.807, 2.05) is 0 Å². The minimum Gasteiger partial charge on any atom is -0.370 e. The van der Waals surface area contributed by atoms with Crippen LogP contribution < -0.4 is 22.9 Å². The van der Waals surface area contributed by atoms with Crippen LogP contribution >= 0.6 is 0 Å². The van der Waals surface area contributed by atoms with Crippen LogP contribution in [0.4, 0.5) is 5.69 Å². The van der Waals surface area contributed by atoms with Crippen LogP contribution in [0.15, 0.2) is 34.3 Å². The van der Waals surface area contributed by atoms with Crippen molar-refractivity contribution in [1.82, 2.24) is 0 Å². The van der Waals surface area contributed by atoms with Crippen LogP contribution in [0.3, 0.4) is 0 Å². The van der Waals surface area contributed by atoms with Gasteiger partial charge in [0.05, 0.1) is 5.69 Å². The molecule has 0 aliphatic heterocycles. The van der Waals surface area contributed by atoms with Crippen molar-refractivity contribution in [3.63, 3.8) is 0 Å². The van der Waals surface area contributed by atoms with Crippen molar-refractivity contribution in [2.24, 2.45) is 32.9 Å². The number of hydrogen-bond donors (Lipinski definition) is 4. The van der Waals surface area contributed by atoms with Gasteiger partial charge in [-0.1, -0.05) is 0 Å². The molecular weight excluding hydrogens is 208 g/mol. The molecule has 0 aromatic heterocycles.